The number of benzene rings is 1. The van der Waals surface area contributed by atoms with Crippen molar-refractivity contribution in [1.82, 2.24) is 4.90 Å². The first-order valence-electron chi connectivity index (χ1n) is 6.87. The van der Waals surface area contributed by atoms with Crippen LogP contribution in [0.25, 0.3) is 10.1 Å². The number of nitrogens with zero attached hydrogens (tertiary/aromatic N) is 1. The SMILES string of the molecule is CC1CN(C(=O)c2sc3cc(Br)ccc3c2N)C(C)CO1. The van der Waals surface area contributed by atoms with E-state index in [0.717, 1.165) is 14.6 Å². The number of thiophene rings is 1. The van der Waals surface area contributed by atoms with Crippen molar-refractivity contribution in [2.45, 2.75) is 26.0 Å². The molecule has 1 saturated heterocycles. The van der Waals surface area contributed by atoms with E-state index in [4.69, 9.17) is 10.5 Å². The van der Waals surface area contributed by atoms with Gasteiger partial charge in [0.2, 0.25) is 0 Å². The Morgan fingerprint density at radius 2 is 2.24 bits per heavy atom. The van der Waals surface area contributed by atoms with Crippen LogP contribution in [0, 0.1) is 0 Å². The number of nitrogens with two attached hydrogens (primary N) is 1. The molecule has 3 rings (SSSR count). The lowest BCUT2D eigenvalue weighted by molar-refractivity contribution is -0.0385. The van der Waals surface area contributed by atoms with E-state index in [1.165, 1.54) is 11.3 Å². The molecule has 2 heterocycles. The van der Waals surface area contributed by atoms with Gasteiger partial charge in [0.25, 0.3) is 5.91 Å². The molecule has 4 nitrogen and oxygen atoms in total. The van der Waals surface area contributed by atoms with Crippen molar-refractivity contribution in [3.8, 4) is 0 Å². The van der Waals surface area contributed by atoms with Gasteiger partial charge in [-0.1, -0.05) is 22.0 Å². The lowest BCUT2D eigenvalue weighted by Crippen LogP contribution is -2.50. The van der Waals surface area contributed by atoms with E-state index in [2.05, 4.69) is 15.9 Å². The zero-order valence-corrected chi connectivity index (χ0v) is 14.3. The van der Waals surface area contributed by atoms with E-state index in [1.807, 2.05) is 36.9 Å². The van der Waals surface area contributed by atoms with E-state index >= 15 is 0 Å². The van der Waals surface area contributed by atoms with Crippen molar-refractivity contribution >= 4 is 48.9 Å². The average molecular weight is 369 g/mol. The topological polar surface area (TPSA) is 55.6 Å². The lowest BCUT2D eigenvalue weighted by atomic mass is 10.1. The number of amides is 1. The number of hydrogen-bond donors (Lipinski definition) is 1. The van der Waals surface area contributed by atoms with Gasteiger partial charge in [0, 0.05) is 21.1 Å². The summed E-state index contributed by atoms with van der Waals surface area (Å²) in [6.45, 7) is 5.17. The van der Waals surface area contributed by atoms with Crippen LogP contribution in [0.3, 0.4) is 0 Å². The third kappa shape index (κ3) is 2.67. The zero-order chi connectivity index (χ0) is 15.1. The maximum Gasteiger partial charge on any atom is 0.266 e. The first kappa shape index (κ1) is 14.8. The normalized spacial score (nSPS) is 22.7. The highest BCUT2D eigenvalue weighted by Gasteiger charge is 2.30. The Bertz CT molecular complexity index is 700. The largest absolute Gasteiger partial charge is 0.397 e. The van der Waals surface area contributed by atoms with Crippen LogP contribution in [0.4, 0.5) is 5.69 Å². The van der Waals surface area contributed by atoms with Crippen molar-refractivity contribution in [3.63, 3.8) is 0 Å². The molecule has 0 aliphatic carbocycles. The molecule has 2 N–H and O–H groups in total. The van der Waals surface area contributed by atoms with Gasteiger partial charge in [-0.15, -0.1) is 11.3 Å². The Morgan fingerprint density at radius 1 is 1.48 bits per heavy atom. The minimum Gasteiger partial charge on any atom is -0.397 e. The molecule has 1 aromatic carbocycles. The Balaban J connectivity index is 1.99. The third-order valence-electron chi connectivity index (χ3n) is 3.75. The number of rotatable bonds is 1. The van der Waals surface area contributed by atoms with Crippen LogP contribution in [0.1, 0.15) is 23.5 Å². The average Bonchev–Trinajstić information content (AvgIpc) is 2.77. The monoisotopic (exact) mass is 368 g/mol. The number of ether oxygens (including phenoxy) is 1. The number of anilines is 1. The van der Waals surface area contributed by atoms with Gasteiger partial charge in [0.05, 0.1) is 24.4 Å². The van der Waals surface area contributed by atoms with Gasteiger partial charge in [-0.2, -0.15) is 0 Å². The van der Waals surface area contributed by atoms with Crippen LogP contribution in [-0.2, 0) is 4.74 Å². The molecule has 0 spiro atoms. The fraction of sp³-hybridized carbons (Fsp3) is 0.400. The van der Waals surface area contributed by atoms with Gasteiger partial charge in [-0.25, -0.2) is 0 Å². The molecule has 1 fully saturated rings. The summed E-state index contributed by atoms with van der Waals surface area (Å²) in [7, 11) is 0. The maximum absolute atomic E-state index is 12.8. The molecule has 1 aliphatic heterocycles. The van der Waals surface area contributed by atoms with Crippen LogP contribution in [0.2, 0.25) is 0 Å². The van der Waals surface area contributed by atoms with Gasteiger partial charge >= 0.3 is 0 Å². The number of nitrogen functional groups attached to an aromatic ring is 1. The van der Waals surface area contributed by atoms with Crippen molar-refractivity contribution in [3.05, 3.63) is 27.5 Å². The third-order valence-corrected chi connectivity index (χ3v) is 5.40. The summed E-state index contributed by atoms with van der Waals surface area (Å²) in [6, 6.07) is 5.97. The van der Waals surface area contributed by atoms with E-state index < -0.39 is 0 Å². The summed E-state index contributed by atoms with van der Waals surface area (Å²) in [5.41, 5.74) is 6.78. The molecule has 0 bridgehead atoms. The number of carbonyl (C=O) groups excluding carboxylic acids is 1. The van der Waals surface area contributed by atoms with Crippen LogP contribution in [0.5, 0.6) is 0 Å². The molecule has 0 saturated carbocycles. The Labute approximate surface area is 136 Å². The second kappa shape index (κ2) is 5.59. The second-order valence-corrected chi connectivity index (χ2v) is 7.40. The standard InChI is InChI=1S/C15H17BrN2O2S/c1-8-7-20-9(2)6-18(8)15(19)14-13(17)11-4-3-10(16)5-12(11)21-14/h3-5,8-9H,6-7,17H2,1-2H3. The van der Waals surface area contributed by atoms with E-state index in [9.17, 15) is 4.79 Å². The molecule has 2 unspecified atom stereocenters. The van der Waals surface area contributed by atoms with Gasteiger partial charge in [0.15, 0.2) is 0 Å². The molecule has 21 heavy (non-hydrogen) atoms. The highest BCUT2D eigenvalue weighted by molar-refractivity contribution is 9.10. The zero-order valence-electron chi connectivity index (χ0n) is 11.9. The summed E-state index contributed by atoms with van der Waals surface area (Å²) < 4.78 is 7.60. The van der Waals surface area contributed by atoms with Crippen LogP contribution < -0.4 is 5.73 Å². The Hall–Kier alpha value is -1.11. The van der Waals surface area contributed by atoms with Gasteiger partial charge < -0.3 is 15.4 Å². The summed E-state index contributed by atoms with van der Waals surface area (Å²) in [4.78, 5) is 15.3. The van der Waals surface area contributed by atoms with Crippen LogP contribution in [0.15, 0.2) is 22.7 Å². The van der Waals surface area contributed by atoms with Gasteiger partial charge in [-0.3, -0.25) is 4.79 Å². The van der Waals surface area contributed by atoms with Crippen molar-refractivity contribution in [2.75, 3.05) is 18.9 Å². The minimum absolute atomic E-state index is 0.00692. The second-order valence-electron chi connectivity index (χ2n) is 5.44. The quantitative estimate of drug-likeness (QED) is 0.837. The first-order chi connectivity index (χ1) is 9.97. The number of halogens is 1. The number of carbonyl (C=O) groups is 1. The number of morpholine rings is 1. The first-order valence-corrected chi connectivity index (χ1v) is 8.48. The van der Waals surface area contributed by atoms with Gasteiger partial charge in [-0.05, 0) is 26.0 Å². The maximum atomic E-state index is 12.8. The lowest BCUT2D eigenvalue weighted by Gasteiger charge is -2.36. The fourth-order valence-corrected chi connectivity index (χ4v) is 4.20. The summed E-state index contributed by atoms with van der Waals surface area (Å²) in [5.74, 6) is 0.00692. The molecular weight excluding hydrogens is 352 g/mol. The van der Waals surface area contributed by atoms with E-state index in [1.54, 1.807) is 0 Å². The predicted molar refractivity (Wildman–Crippen MR) is 89.8 cm³/mol. The Kier molecular flexibility index (Phi) is 3.94. The molecule has 2 aromatic rings. The molecule has 112 valence electrons. The van der Waals surface area contributed by atoms with Crippen molar-refractivity contribution < 1.29 is 9.53 Å². The summed E-state index contributed by atoms with van der Waals surface area (Å²) in [5, 5.41) is 0.945. The molecule has 1 aliphatic rings. The smallest absolute Gasteiger partial charge is 0.266 e. The molecule has 1 amide bonds. The minimum atomic E-state index is 0.00692. The fourth-order valence-electron chi connectivity index (χ4n) is 2.57. The van der Waals surface area contributed by atoms with E-state index in [0.29, 0.717) is 23.7 Å². The van der Waals surface area contributed by atoms with E-state index in [-0.39, 0.29) is 18.1 Å². The highest BCUT2D eigenvalue weighted by Crippen LogP contribution is 2.36. The van der Waals surface area contributed by atoms with Crippen LogP contribution >= 0.6 is 27.3 Å². The van der Waals surface area contributed by atoms with Crippen molar-refractivity contribution in [2.24, 2.45) is 0 Å². The molecule has 1 aromatic heterocycles. The van der Waals surface area contributed by atoms with Crippen molar-refractivity contribution in [1.29, 1.82) is 0 Å². The molecule has 0 radical (unpaired) electrons. The van der Waals surface area contributed by atoms with Gasteiger partial charge in [0.1, 0.15) is 4.88 Å². The summed E-state index contributed by atoms with van der Waals surface area (Å²) in [6.07, 6.45) is 0.0647. The molecule has 6 heteroatoms. The predicted octanol–water partition coefficient (Wildman–Crippen LogP) is 3.50. The number of fused-ring (bicyclic) bond motifs is 1. The summed E-state index contributed by atoms with van der Waals surface area (Å²) >= 11 is 4.91. The molecule has 2 atom stereocenters. The van der Waals surface area contributed by atoms with Crippen LogP contribution in [-0.4, -0.2) is 36.1 Å². The molecular formula is C15H17BrN2O2S. The highest BCUT2D eigenvalue weighted by atomic mass is 79.9. The number of hydrogen-bond acceptors (Lipinski definition) is 4. The Morgan fingerprint density at radius 3 is 3.00 bits per heavy atom.